The third kappa shape index (κ3) is 4.23. The lowest BCUT2D eigenvalue weighted by atomic mass is 9.95. The van der Waals surface area contributed by atoms with Crippen LogP contribution in [0.4, 0.5) is 0 Å². The molecule has 3 N–H and O–H groups in total. The summed E-state index contributed by atoms with van der Waals surface area (Å²) in [5.41, 5.74) is 0. The Bertz CT molecular complexity index is 215. The first kappa shape index (κ1) is 12.9. The monoisotopic (exact) mass is 203 g/mol. The highest BCUT2D eigenvalue weighted by atomic mass is 16.4. The van der Waals surface area contributed by atoms with E-state index in [1.807, 2.05) is 0 Å². The van der Waals surface area contributed by atoms with Gasteiger partial charge in [0, 0.05) is 12.5 Å². The number of carboxylic acids is 1. The van der Waals surface area contributed by atoms with Crippen molar-refractivity contribution in [3.63, 3.8) is 0 Å². The number of nitrogens with one attached hydrogen (secondary N) is 1. The molecule has 0 radical (unpaired) electrons. The molecule has 0 fully saturated rings. The average molecular weight is 203 g/mol. The number of rotatable bonds is 5. The molecule has 0 aromatic carbocycles. The van der Waals surface area contributed by atoms with Crippen molar-refractivity contribution < 1.29 is 19.8 Å². The van der Waals surface area contributed by atoms with Gasteiger partial charge in [-0.2, -0.15) is 0 Å². The molecule has 2 unspecified atom stereocenters. The van der Waals surface area contributed by atoms with Gasteiger partial charge in [-0.25, -0.2) is 0 Å². The predicted octanol–water partition coefficient (Wildman–Crippen LogP) is -0.160. The van der Waals surface area contributed by atoms with Gasteiger partial charge in [0.1, 0.15) is 0 Å². The molecule has 5 nitrogen and oxygen atoms in total. The van der Waals surface area contributed by atoms with Crippen molar-refractivity contribution in [1.29, 1.82) is 0 Å². The number of carboxylic acid groups (broad SMARTS) is 1. The molecular weight excluding hydrogens is 186 g/mol. The zero-order valence-corrected chi connectivity index (χ0v) is 8.65. The molecule has 0 rings (SSSR count). The molecule has 0 saturated heterocycles. The van der Waals surface area contributed by atoms with Crippen molar-refractivity contribution in [2.75, 3.05) is 6.54 Å². The van der Waals surface area contributed by atoms with Gasteiger partial charge in [-0.15, -0.1) is 0 Å². The van der Waals surface area contributed by atoms with E-state index in [1.54, 1.807) is 13.8 Å². The molecule has 0 aliphatic carbocycles. The first-order valence-electron chi connectivity index (χ1n) is 4.54. The van der Waals surface area contributed by atoms with Crippen LogP contribution in [0.3, 0.4) is 0 Å². The number of carbonyl (C=O) groups is 2. The van der Waals surface area contributed by atoms with Crippen molar-refractivity contribution in [2.45, 2.75) is 26.9 Å². The van der Waals surface area contributed by atoms with Gasteiger partial charge in [0.2, 0.25) is 5.91 Å². The van der Waals surface area contributed by atoms with Crippen LogP contribution in [0.25, 0.3) is 0 Å². The Morgan fingerprint density at radius 2 is 1.71 bits per heavy atom. The number of carbonyl (C=O) groups excluding carboxylic acids is 1. The van der Waals surface area contributed by atoms with E-state index in [0.29, 0.717) is 0 Å². The number of aliphatic hydroxyl groups is 1. The Balaban J connectivity index is 4.05. The van der Waals surface area contributed by atoms with E-state index in [2.05, 4.69) is 5.32 Å². The fraction of sp³-hybridized carbons (Fsp3) is 0.778. The zero-order valence-electron chi connectivity index (χ0n) is 8.65. The summed E-state index contributed by atoms with van der Waals surface area (Å²) in [5, 5.41) is 20.0. The summed E-state index contributed by atoms with van der Waals surface area (Å²) in [6.07, 6.45) is -0.619. The van der Waals surface area contributed by atoms with E-state index in [0.717, 1.165) is 0 Å². The first-order valence-corrected chi connectivity index (χ1v) is 4.54. The van der Waals surface area contributed by atoms with E-state index in [9.17, 15) is 9.59 Å². The minimum atomic E-state index is -0.996. The van der Waals surface area contributed by atoms with Crippen LogP contribution in [0.2, 0.25) is 0 Å². The maximum atomic E-state index is 11.3. The zero-order chi connectivity index (χ0) is 11.3. The third-order valence-electron chi connectivity index (χ3n) is 2.12. The Labute approximate surface area is 83.1 Å². The summed E-state index contributed by atoms with van der Waals surface area (Å²) in [4.78, 5) is 21.9. The lowest BCUT2D eigenvalue weighted by Crippen LogP contribution is -2.38. The van der Waals surface area contributed by atoms with E-state index in [1.165, 1.54) is 6.92 Å². The van der Waals surface area contributed by atoms with Crippen LogP contribution in [0.5, 0.6) is 0 Å². The van der Waals surface area contributed by atoms with Gasteiger partial charge in [0.25, 0.3) is 0 Å². The summed E-state index contributed by atoms with van der Waals surface area (Å²) in [5.74, 6) is -2.65. The standard InChI is InChI=1S/C9H17NO4/c1-5(11)4-10-8(12)6(2)7(3)9(13)14/h5-7,11H,4H2,1-3H3,(H,10,12)(H,13,14)/t5-,6?,7?/m1/s1. The minimum Gasteiger partial charge on any atom is -0.481 e. The smallest absolute Gasteiger partial charge is 0.307 e. The highest BCUT2D eigenvalue weighted by molar-refractivity contribution is 5.84. The molecule has 82 valence electrons. The summed E-state index contributed by atoms with van der Waals surface area (Å²) in [6, 6.07) is 0. The second-order valence-corrected chi connectivity index (χ2v) is 3.51. The van der Waals surface area contributed by atoms with Crippen LogP contribution >= 0.6 is 0 Å². The molecule has 0 heterocycles. The number of aliphatic carboxylic acids is 1. The molecule has 1 amide bonds. The lowest BCUT2D eigenvalue weighted by molar-refractivity contribution is -0.146. The maximum Gasteiger partial charge on any atom is 0.307 e. The Morgan fingerprint density at radius 3 is 2.07 bits per heavy atom. The molecule has 14 heavy (non-hydrogen) atoms. The van der Waals surface area contributed by atoms with Crippen LogP contribution in [0, 0.1) is 11.8 Å². The molecule has 0 aromatic rings. The van der Waals surface area contributed by atoms with Crippen molar-refractivity contribution >= 4 is 11.9 Å². The average Bonchev–Trinajstić information content (AvgIpc) is 2.11. The predicted molar refractivity (Wildman–Crippen MR) is 50.7 cm³/mol. The largest absolute Gasteiger partial charge is 0.481 e. The highest BCUT2D eigenvalue weighted by Crippen LogP contribution is 2.10. The van der Waals surface area contributed by atoms with Gasteiger partial charge in [0.05, 0.1) is 12.0 Å². The van der Waals surface area contributed by atoms with Crippen molar-refractivity contribution in [3.05, 3.63) is 0 Å². The van der Waals surface area contributed by atoms with Gasteiger partial charge in [-0.3, -0.25) is 9.59 Å². The van der Waals surface area contributed by atoms with Crippen LogP contribution in [-0.4, -0.2) is 34.7 Å². The second kappa shape index (κ2) is 5.59. The second-order valence-electron chi connectivity index (χ2n) is 3.51. The molecule has 5 heteroatoms. The summed E-state index contributed by atoms with van der Waals surface area (Å²) < 4.78 is 0. The highest BCUT2D eigenvalue weighted by Gasteiger charge is 2.25. The van der Waals surface area contributed by atoms with Crippen molar-refractivity contribution in [2.24, 2.45) is 11.8 Å². The lowest BCUT2D eigenvalue weighted by Gasteiger charge is -2.16. The van der Waals surface area contributed by atoms with Gasteiger partial charge < -0.3 is 15.5 Å². The molecular formula is C9H17NO4. The van der Waals surface area contributed by atoms with E-state index >= 15 is 0 Å². The van der Waals surface area contributed by atoms with Gasteiger partial charge in [0.15, 0.2) is 0 Å². The molecule has 0 aliphatic heterocycles. The summed E-state index contributed by atoms with van der Waals surface area (Å²) >= 11 is 0. The number of amides is 1. The summed E-state index contributed by atoms with van der Waals surface area (Å²) in [6.45, 7) is 4.73. The molecule has 0 bridgehead atoms. The molecule has 3 atom stereocenters. The SMILES string of the molecule is CC(C(=O)O)C(C)C(=O)NC[C@@H](C)O. The van der Waals surface area contributed by atoms with Gasteiger partial charge in [-0.1, -0.05) is 13.8 Å². The molecule has 0 saturated carbocycles. The quantitative estimate of drug-likeness (QED) is 0.579. The number of hydrogen-bond donors (Lipinski definition) is 3. The van der Waals surface area contributed by atoms with E-state index in [-0.39, 0.29) is 12.5 Å². The van der Waals surface area contributed by atoms with Crippen LogP contribution < -0.4 is 5.32 Å². The Morgan fingerprint density at radius 1 is 1.21 bits per heavy atom. The first-order chi connectivity index (χ1) is 6.36. The van der Waals surface area contributed by atoms with Crippen molar-refractivity contribution in [3.8, 4) is 0 Å². The van der Waals surface area contributed by atoms with Crippen LogP contribution in [0.1, 0.15) is 20.8 Å². The molecule has 0 aliphatic rings. The fourth-order valence-corrected chi connectivity index (χ4v) is 0.850. The normalized spacial score (nSPS) is 16.9. The van der Waals surface area contributed by atoms with Gasteiger partial charge in [-0.05, 0) is 6.92 Å². The van der Waals surface area contributed by atoms with E-state index in [4.69, 9.17) is 10.2 Å². The van der Waals surface area contributed by atoms with Crippen LogP contribution in [-0.2, 0) is 9.59 Å². The van der Waals surface area contributed by atoms with Gasteiger partial charge >= 0.3 is 5.97 Å². The fourth-order valence-electron chi connectivity index (χ4n) is 0.850. The molecule has 0 spiro atoms. The van der Waals surface area contributed by atoms with E-state index < -0.39 is 23.9 Å². The van der Waals surface area contributed by atoms with Crippen LogP contribution in [0.15, 0.2) is 0 Å². The Kier molecular flexibility index (Phi) is 5.15. The maximum absolute atomic E-state index is 11.3. The van der Waals surface area contributed by atoms with Crippen molar-refractivity contribution in [1.82, 2.24) is 5.32 Å². The number of aliphatic hydroxyl groups excluding tert-OH is 1. The topological polar surface area (TPSA) is 86.6 Å². The Hall–Kier alpha value is -1.10. The minimum absolute atomic E-state index is 0.148. The number of hydrogen-bond acceptors (Lipinski definition) is 3. The third-order valence-corrected chi connectivity index (χ3v) is 2.12. The molecule has 0 aromatic heterocycles. The summed E-state index contributed by atoms with van der Waals surface area (Å²) in [7, 11) is 0.